The highest BCUT2D eigenvalue weighted by atomic mass is 16.5. The number of Topliss-reactive ketones (excluding diaryl/α,β-unsaturated/α-hetero) is 1. The van der Waals surface area contributed by atoms with Crippen LogP contribution in [0.5, 0.6) is 11.5 Å². The van der Waals surface area contributed by atoms with E-state index in [0.717, 1.165) is 16.9 Å². The third kappa shape index (κ3) is 3.30. The highest BCUT2D eigenvalue weighted by Gasteiger charge is 2.27. The van der Waals surface area contributed by atoms with Crippen LogP contribution in [0, 0.1) is 0 Å². The van der Waals surface area contributed by atoms with Crippen molar-refractivity contribution in [1.82, 2.24) is 0 Å². The van der Waals surface area contributed by atoms with Crippen molar-refractivity contribution in [2.24, 2.45) is 0 Å². The Labute approximate surface area is 151 Å². The van der Waals surface area contributed by atoms with E-state index in [2.05, 4.69) is 0 Å². The van der Waals surface area contributed by atoms with Crippen molar-refractivity contribution in [3.63, 3.8) is 0 Å². The fourth-order valence-electron chi connectivity index (χ4n) is 2.79. The number of nitrogens with two attached hydrogens (primary N) is 1. The maximum Gasteiger partial charge on any atom is 0.232 e. The molecule has 4 heteroatoms. The minimum Gasteiger partial charge on any atom is -0.489 e. The Hall–Kier alpha value is -3.53. The van der Waals surface area contributed by atoms with Crippen molar-refractivity contribution in [2.45, 2.75) is 6.61 Å². The first-order valence-corrected chi connectivity index (χ1v) is 8.29. The summed E-state index contributed by atoms with van der Waals surface area (Å²) < 4.78 is 11.5. The number of allylic oxidation sites excluding steroid dienone is 1. The second-order valence-corrected chi connectivity index (χ2v) is 6.04. The van der Waals surface area contributed by atoms with E-state index in [1.807, 2.05) is 54.6 Å². The molecule has 0 aliphatic carbocycles. The Bertz CT molecular complexity index is 993. The topological polar surface area (TPSA) is 61.6 Å². The normalized spacial score (nSPS) is 14.2. The molecule has 26 heavy (non-hydrogen) atoms. The molecule has 3 aromatic carbocycles. The number of hydrogen-bond donors (Lipinski definition) is 1. The molecule has 0 unspecified atom stereocenters. The lowest BCUT2D eigenvalue weighted by molar-refractivity contribution is 0.101. The Morgan fingerprint density at radius 1 is 0.962 bits per heavy atom. The Morgan fingerprint density at radius 3 is 2.65 bits per heavy atom. The first-order valence-electron chi connectivity index (χ1n) is 8.29. The van der Waals surface area contributed by atoms with E-state index in [9.17, 15) is 4.79 Å². The largest absolute Gasteiger partial charge is 0.489 e. The van der Waals surface area contributed by atoms with Crippen LogP contribution in [0.25, 0.3) is 6.08 Å². The van der Waals surface area contributed by atoms with Gasteiger partial charge in [-0.2, -0.15) is 0 Å². The van der Waals surface area contributed by atoms with Gasteiger partial charge in [0.1, 0.15) is 18.1 Å². The van der Waals surface area contributed by atoms with Crippen molar-refractivity contribution in [3.05, 3.63) is 95.2 Å². The molecule has 1 aliphatic heterocycles. The molecule has 0 amide bonds. The van der Waals surface area contributed by atoms with E-state index in [-0.39, 0.29) is 11.5 Å². The summed E-state index contributed by atoms with van der Waals surface area (Å²) in [6.45, 7) is 0.487. The molecule has 3 aromatic rings. The van der Waals surface area contributed by atoms with Gasteiger partial charge in [0, 0.05) is 5.69 Å². The van der Waals surface area contributed by atoms with E-state index in [0.29, 0.717) is 23.6 Å². The second-order valence-electron chi connectivity index (χ2n) is 6.04. The minimum absolute atomic E-state index is 0.164. The summed E-state index contributed by atoms with van der Waals surface area (Å²) in [6, 6.07) is 22.6. The number of fused-ring (bicyclic) bond motifs is 1. The number of ketones is 1. The zero-order valence-electron chi connectivity index (χ0n) is 14.0. The van der Waals surface area contributed by atoms with Crippen LogP contribution < -0.4 is 15.2 Å². The average Bonchev–Trinajstić information content (AvgIpc) is 2.97. The highest BCUT2D eigenvalue weighted by molar-refractivity contribution is 6.14. The van der Waals surface area contributed by atoms with Crippen molar-refractivity contribution >= 4 is 17.5 Å². The number of carbonyl (C=O) groups excluding carboxylic acids is 1. The van der Waals surface area contributed by atoms with Crippen LogP contribution in [0.15, 0.2) is 78.6 Å². The van der Waals surface area contributed by atoms with Crippen molar-refractivity contribution in [3.8, 4) is 11.5 Å². The van der Waals surface area contributed by atoms with Gasteiger partial charge in [0.25, 0.3) is 0 Å². The molecule has 0 bridgehead atoms. The summed E-state index contributed by atoms with van der Waals surface area (Å²) in [7, 11) is 0. The predicted molar refractivity (Wildman–Crippen MR) is 101 cm³/mol. The maximum atomic E-state index is 12.5. The molecule has 1 aliphatic rings. The van der Waals surface area contributed by atoms with E-state index in [1.165, 1.54) is 0 Å². The highest BCUT2D eigenvalue weighted by Crippen LogP contribution is 2.33. The first-order chi connectivity index (χ1) is 12.7. The van der Waals surface area contributed by atoms with Gasteiger partial charge in [0.2, 0.25) is 5.78 Å². The van der Waals surface area contributed by atoms with Crippen LogP contribution in [-0.4, -0.2) is 5.78 Å². The fraction of sp³-hybridized carbons (Fsp3) is 0.0455. The van der Waals surface area contributed by atoms with Crippen molar-refractivity contribution in [1.29, 1.82) is 0 Å². The molecular formula is C22H17NO3. The molecule has 0 fully saturated rings. The monoisotopic (exact) mass is 343 g/mol. The van der Waals surface area contributed by atoms with E-state index >= 15 is 0 Å². The zero-order valence-corrected chi connectivity index (χ0v) is 14.0. The molecule has 0 aromatic heterocycles. The van der Waals surface area contributed by atoms with Gasteiger partial charge in [0.05, 0.1) is 5.56 Å². The fourth-order valence-corrected chi connectivity index (χ4v) is 2.79. The lowest BCUT2D eigenvalue weighted by Gasteiger charge is -2.07. The number of hydrogen-bond acceptors (Lipinski definition) is 4. The second kappa shape index (κ2) is 6.76. The van der Waals surface area contributed by atoms with Gasteiger partial charge in [-0.1, -0.05) is 42.5 Å². The lowest BCUT2D eigenvalue weighted by atomic mass is 10.1. The van der Waals surface area contributed by atoms with Gasteiger partial charge < -0.3 is 15.2 Å². The summed E-state index contributed by atoms with van der Waals surface area (Å²) in [6.07, 6.45) is 1.72. The molecule has 0 spiro atoms. The number of carbonyl (C=O) groups is 1. The van der Waals surface area contributed by atoms with E-state index in [1.54, 1.807) is 24.3 Å². The molecule has 0 atom stereocenters. The Balaban J connectivity index is 1.52. The Kier molecular flexibility index (Phi) is 4.15. The lowest BCUT2D eigenvalue weighted by Crippen LogP contribution is -1.99. The van der Waals surface area contributed by atoms with Gasteiger partial charge in [-0.15, -0.1) is 0 Å². The van der Waals surface area contributed by atoms with Crippen LogP contribution in [-0.2, 0) is 6.61 Å². The number of nitrogen functional groups attached to an aromatic ring is 1. The quantitative estimate of drug-likeness (QED) is 0.561. The first kappa shape index (κ1) is 16.0. The van der Waals surface area contributed by atoms with Gasteiger partial charge >= 0.3 is 0 Å². The molecule has 0 radical (unpaired) electrons. The third-order valence-corrected chi connectivity index (χ3v) is 4.10. The SMILES string of the molecule is Nc1ccc2c(c1)C(=O)/C(=C/c1cccc(OCc3ccccc3)c1)O2. The maximum absolute atomic E-state index is 12.5. The van der Waals surface area contributed by atoms with Crippen LogP contribution in [0.3, 0.4) is 0 Å². The number of benzene rings is 3. The number of anilines is 1. The van der Waals surface area contributed by atoms with Gasteiger partial charge in [0.15, 0.2) is 5.76 Å². The third-order valence-electron chi connectivity index (χ3n) is 4.10. The molecule has 0 saturated carbocycles. The standard InChI is InChI=1S/C22H17NO3/c23-17-9-10-20-19(13-17)22(24)21(26-20)12-16-7-4-8-18(11-16)25-14-15-5-2-1-3-6-15/h1-13H,14,23H2/b21-12-. The smallest absolute Gasteiger partial charge is 0.232 e. The van der Waals surface area contributed by atoms with Crippen LogP contribution in [0.2, 0.25) is 0 Å². The van der Waals surface area contributed by atoms with Gasteiger partial charge in [-0.05, 0) is 47.5 Å². The molecule has 2 N–H and O–H groups in total. The van der Waals surface area contributed by atoms with Crippen LogP contribution in [0.1, 0.15) is 21.5 Å². The van der Waals surface area contributed by atoms with Gasteiger partial charge in [-0.25, -0.2) is 0 Å². The summed E-state index contributed by atoms with van der Waals surface area (Å²) in [4.78, 5) is 12.5. The average molecular weight is 343 g/mol. The molecule has 128 valence electrons. The molecule has 1 heterocycles. The Morgan fingerprint density at radius 2 is 1.81 bits per heavy atom. The summed E-state index contributed by atoms with van der Waals surface area (Å²) in [5.74, 6) is 1.39. The van der Waals surface area contributed by atoms with Crippen LogP contribution >= 0.6 is 0 Å². The van der Waals surface area contributed by atoms with E-state index < -0.39 is 0 Å². The molecule has 4 rings (SSSR count). The molecular weight excluding hydrogens is 326 g/mol. The zero-order chi connectivity index (χ0) is 17.9. The number of ether oxygens (including phenoxy) is 2. The molecule has 0 saturated heterocycles. The number of rotatable bonds is 4. The van der Waals surface area contributed by atoms with Crippen molar-refractivity contribution < 1.29 is 14.3 Å². The van der Waals surface area contributed by atoms with Crippen LogP contribution in [0.4, 0.5) is 5.69 Å². The predicted octanol–water partition coefficient (Wildman–Crippen LogP) is 4.46. The summed E-state index contributed by atoms with van der Waals surface area (Å²) >= 11 is 0. The van der Waals surface area contributed by atoms with Gasteiger partial charge in [-0.3, -0.25) is 4.79 Å². The van der Waals surface area contributed by atoms with E-state index in [4.69, 9.17) is 15.2 Å². The summed E-state index contributed by atoms with van der Waals surface area (Å²) in [5.41, 5.74) is 8.71. The van der Waals surface area contributed by atoms with Crippen molar-refractivity contribution in [2.75, 3.05) is 5.73 Å². The minimum atomic E-state index is -0.164. The molecule has 4 nitrogen and oxygen atoms in total. The summed E-state index contributed by atoms with van der Waals surface area (Å²) in [5, 5.41) is 0.